The number of rotatable bonds is 4. The van der Waals surface area contributed by atoms with Gasteiger partial charge < -0.3 is 25.2 Å². The summed E-state index contributed by atoms with van der Waals surface area (Å²) in [5, 5.41) is 6.96. The number of amides is 1. The minimum atomic E-state index is -0.195. The fraction of sp³-hybridized carbons (Fsp3) is 0.882. The molecule has 2 N–H and O–H groups in total. The number of piperidine rings is 2. The predicted octanol–water partition coefficient (Wildman–Crippen LogP) is 1.73. The zero-order chi connectivity index (χ0) is 17.4. The van der Waals surface area contributed by atoms with E-state index in [1.807, 2.05) is 14.0 Å². The van der Waals surface area contributed by atoms with Crippen LogP contribution in [-0.2, 0) is 4.74 Å². The van der Waals surface area contributed by atoms with Crippen molar-refractivity contribution in [1.82, 2.24) is 20.4 Å². The fourth-order valence-electron chi connectivity index (χ4n) is 3.49. The second kappa shape index (κ2) is 11.8. The van der Waals surface area contributed by atoms with Gasteiger partial charge >= 0.3 is 6.09 Å². The Morgan fingerprint density at radius 3 is 2.56 bits per heavy atom. The van der Waals surface area contributed by atoms with Gasteiger partial charge in [0.1, 0.15) is 0 Å². The molecule has 8 heteroatoms. The van der Waals surface area contributed by atoms with Crippen molar-refractivity contribution < 1.29 is 9.53 Å². The maximum Gasteiger partial charge on any atom is 0.409 e. The maximum absolute atomic E-state index is 11.7. The fourth-order valence-corrected chi connectivity index (χ4v) is 3.49. The van der Waals surface area contributed by atoms with Gasteiger partial charge in [0.05, 0.1) is 6.61 Å². The molecule has 0 aromatic carbocycles. The van der Waals surface area contributed by atoms with Gasteiger partial charge in [-0.25, -0.2) is 4.79 Å². The van der Waals surface area contributed by atoms with Gasteiger partial charge in [-0.15, -0.1) is 24.0 Å². The van der Waals surface area contributed by atoms with Gasteiger partial charge in [-0.05, 0) is 52.1 Å². The van der Waals surface area contributed by atoms with Gasteiger partial charge in [0.2, 0.25) is 0 Å². The molecular formula is C17H34IN5O2. The van der Waals surface area contributed by atoms with Crippen LogP contribution in [0, 0.1) is 5.92 Å². The van der Waals surface area contributed by atoms with E-state index in [1.165, 1.54) is 19.4 Å². The highest BCUT2D eigenvalue weighted by molar-refractivity contribution is 14.0. The Hall–Kier alpha value is -0.770. The zero-order valence-corrected chi connectivity index (χ0v) is 18.1. The van der Waals surface area contributed by atoms with Crippen molar-refractivity contribution >= 4 is 36.0 Å². The van der Waals surface area contributed by atoms with Crippen LogP contribution in [0.5, 0.6) is 0 Å². The SMILES string of the molecule is CCOC(=O)N1CCC(NC(=NC)NCC2CCCN(C)C2)CC1.I. The molecule has 0 aliphatic carbocycles. The van der Waals surface area contributed by atoms with Crippen molar-refractivity contribution in [3.05, 3.63) is 0 Å². The van der Waals surface area contributed by atoms with Gasteiger partial charge in [0.15, 0.2) is 5.96 Å². The summed E-state index contributed by atoms with van der Waals surface area (Å²) in [7, 11) is 4.01. The lowest BCUT2D eigenvalue weighted by molar-refractivity contribution is 0.0963. The third-order valence-electron chi connectivity index (χ3n) is 4.87. The normalized spacial score (nSPS) is 22.9. The van der Waals surface area contributed by atoms with E-state index in [-0.39, 0.29) is 30.1 Å². The Balaban J connectivity index is 0.00000312. The van der Waals surface area contributed by atoms with E-state index in [9.17, 15) is 4.79 Å². The Bertz CT molecular complexity index is 427. The largest absolute Gasteiger partial charge is 0.450 e. The first kappa shape index (κ1) is 22.3. The molecule has 0 saturated carbocycles. The lowest BCUT2D eigenvalue weighted by atomic mass is 9.98. The number of likely N-dealkylation sites (tertiary alicyclic amines) is 2. The first-order chi connectivity index (χ1) is 11.6. The molecule has 0 aromatic heterocycles. The van der Waals surface area contributed by atoms with E-state index in [0.717, 1.165) is 45.0 Å². The van der Waals surface area contributed by atoms with Crippen LogP contribution < -0.4 is 10.6 Å². The van der Waals surface area contributed by atoms with Crippen molar-refractivity contribution in [2.75, 3.05) is 53.4 Å². The highest BCUT2D eigenvalue weighted by Gasteiger charge is 2.24. The number of ether oxygens (including phenoxy) is 1. The van der Waals surface area contributed by atoms with Gasteiger partial charge in [0.25, 0.3) is 0 Å². The maximum atomic E-state index is 11.7. The van der Waals surface area contributed by atoms with Crippen molar-refractivity contribution in [3.8, 4) is 0 Å². The molecule has 7 nitrogen and oxygen atoms in total. The minimum Gasteiger partial charge on any atom is -0.450 e. The van der Waals surface area contributed by atoms with Crippen LogP contribution in [0.1, 0.15) is 32.6 Å². The number of hydrogen-bond donors (Lipinski definition) is 2. The number of nitrogens with one attached hydrogen (secondary N) is 2. The monoisotopic (exact) mass is 467 g/mol. The first-order valence-electron chi connectivity index (χ1n) is 9.19. The molecule has 1 unspecified atom stereocenters. The van der Waals surface area contributed by atoms with E-state index >= 15 is 0 Å². The first-order valence-corrected chi connectivity index (χ1v) is 9.19. The molecule has 0 aromatic rings. The highest BCUT2D eigenvalue weighted by Crippen LogP contribution is 2.14. The van der Waals surface area contributed by atoms with Gasteiger partial charge in [0, 0.05) is 39.3 Å². The number of carbonyl (C=O) groups excluding carboxylic acids is 1. The van der Waals surface area contributed by atoms with Gasteiger partial charge in [-0.2, -0.15) is 0 Å². The smallest absolute Gasteiger partial charge is 0.409 e. The summed E-state index contributed by atoms with van der Waals surface area (Å²) in [6, 6.07) is 0.357. The van der Waals surface area contributed by atoms with Crippen LogP contribution in [0.3, 0.4) is 0 Å². The minimum absolute atomic E-state index is 0. The van der Waals surface area contributed by atoms with E-state index < -0.39 is 0 Å². The molecule has 1 atom stereocenters. The number of hydrogen-bond acceptors (Lipinski definition) is 4. The van der Waals surface area contributed by atoms with Crippen LogP contribution in [-0.4, -0.2) is 81.3 Å². The van der Waals surface area contributed by atoms with Crippen molar-refractivity contribution in [1.29, 1.82) is 0 Å². The molecule has 2 fully saturated rings. The van der Waals surface area contributed by atoms with E-state index in [4.69, 9.17) is 4.74 Å². The molecule has 2 rings (SSSR count). The van der Waals surface area contributed by atoms with Crippen LogP contribution in [0.15, 0.2) is 4.99 Å². The molecule has 146 valence electrons. The molecule has 2 heterocycles. The number of nitrogens with zero attached hydrogens (tertiary/aromatic N) is 3. The molecule has 0 bridgehead atoms. The summed E-state index contributed by atoms with van der Waals surface area (Å²) < 4.78 is 5.06. The van der Waals surface area contributed by atoms with Gasteiger partial charge in [-0.1, -0.05) is 0 Å². The molecule has 25 heavy (non-hydrogen) atoms. The van der Waals surface area contributed by atoms with Crippen molar-refractivity contribution in [3.63, 3.8) is 0 Å². The molecule has 0 spiro atoms. The third-order valence-corrected chi connectivity index (χ3v) is 4.87. The molecule has 2 saturated heterocycles. The average Bonchev–Trinajstić information content (AvgIpc) is 2.59. The molecule has 2 aliphatic heterocycles. The summed E-state index contributed by atoms with van der Waals surface area (Å²) in [5.74, 6) is 1.56. The van der Waals surface area contributed by atoms with E-state index in [1.54, 1.807) is 4.90 Å². The quantitative estimate of drug-likeness (QED) is 0.375. The second-order valence-electron chi connectivity index (χ2n) is 6.83. The molecule has 1 amide bonds. The van der Waals surface area contributed by atoms with Gasteiger partial charge in [-0.3, -0.25) is 4.99 Å². The van der Waals surface area contributed by atoms with Crippen LogP contribution in [0.25, 0.3) is 0 Å². The zero-order valence-electron chi connectivity index (χ0n) is 15.8. The Labute approximate surface area is 169 Å². The van der Waals surface area contributed by atoms with E-state index in [2.05, 4.69) is 27.6 Å². The predicted molar refractivity (Wildman–Crippen MR) is 112 cm³/mol. The number of carbonyl (C=O) groups is 1. The molecule has 0 radical (unpaired) electrons. The van der Waals surface area contributed by atoms with Crippen LogP contribution in [0.4, 0.5) is 4.79 Å². The lowest BCUT2D eigenvalue weighted by Crippen LogP contribution is -2.51. The van der Waals surface area contributed by atoms with Crippen LogP contribution >= 0.6 is 24.0 Å². The molecule has 2 aliphatic rings. The molecular weight excluding hydrogens is 433 g/mol. The average molecular weight is 467 g/mol. The third kappa shape index (κ3) is 7.55. The van der Waals surface area contributed by atoms with Crippen molar-refractivity contribution in [2.45, 2.75) is 38.6 Å². The summed E-state index contributed by atoms with van der Waals surface area (Å²) >= 11 is 0. The standard InChI is InChI=1S/C17H33N5O2.HI/c1-4-24-17(23)22-10-7-15(8-11-22)20-16(18-2)19-12-14-6-5-9-21(3)13-14;/h14-15H,4-13H2,1-3H3,(H2,18,19,20);1H. The summed E-state index contributed by atoms with van der Waals surface area (Å²) in [6.45, 7) is 7.08. The lowest BCUT2D eigenvalue weighted by Gasteiger charge is -2.33. The number of aliphatic imine (C=N–C) groups is 1. The highest BCUT2D eigenvalue weighted by atomic mass is 127. The number of halogens is 1. The second-order valence-corrected chi connectivity index (χ2v) is 6.83. The Morgan fingerprint density at radius 2 is 1.96 bits per heavy atom. The van der Waals surface area contributed by atoms with Crippen molar-refractivity contribution in [2.24, 2.45) is 10.9 Å². The summed E-state index contributed by atoms with van der Waals surface area (Å²) in [5.41, 5.74) is 0. The van der Waals surface area contributed by atoms with Crippen LogP contribution in [0.2, 0.25) is 0 Å². The summed E-state index contributed by atoms with van der Waals surface area (Å²) in [6.07, 6.45) is 4.21. The Kier molecular flexibility index (Phi) is 10.5. The topological polar surface area (TPSA) is 69.2 Å². The summed E-state index contributed by atoms with van der Waals surface area (Å²) in [4.78, 5) is 20.3. The number of guanidine groups is 1. The van der Waals surface area contributed by atoms with E-state index in [0.29, 0.717) is 18.6 Å². The Morgan fingerprint density at radius 1 is 1.24 bits per heavy atom.